The van der Waals surface area contributed by atoms with Crippen LogP contribution in [0.15, 0.2) is 30.7 Å². The maximum Gasteiger partial charge on any atom is 0.271 e. The number of carbonyl (C=O) groups excluding carboxylic acids is 1. The molecule has 1 atom stereocenters. The number of nitrogens with one attached hydrogen (secondary N) is 1. The van der Waals surface area contributed by atoms with Crippen molar-refractivity contribution in [3.8, 4) is 0 Å². The molecule has 0 aliphatic carbocycles. The Morgan fingerprint density at radius 1 is 1.29 bits per heavy atom. The highest BCUT2D eigenvalue weighted by atomic mass is 35.5. The number of hydrogen-bond acceptors (Lipinski definition) is 4. The normalized spacial score (nSPS) is 12.0. The third kappa shape index (κ3) is 4.04. The quantitative estimate of drug-likeness (QED) is 0.892. The molecule has 21 heavy (non-hydrogen) atoms. The zero-order chi connectivity index (χ0) is 15.4. The summed E-state index contributed by atoms with van der Waals surface area (Å²) in [7, 11) is 0. The van der Waals surface area contributed by atoms with E-state index in [0.717, 1.165) is 0 Å². The Bertz CT molecular complexity index is 667. The first kappa shape index (κ1) is 16.0. The molecule has 0 saturated heterocycles. The predicted octanol–water partition coefficient (Wildman–Crippen LogP) is 2.90. The van der Waals surface area contributed by atoms with Gasteiger partial charge in [0, 0.05) is 28.4 Å². The number of amides is 1. The van der Waals surface area contributed by atoms with E-state index in [1.807, 2.05) is 0 Å². The highest BCUT2D eigenvalue weighted by Crippen LogP contribution is 2.26. The molecule has 0 saturated carbocycles. The van der Waals surface area contributed by atoms with Crippen LogP contribution in [-0.2, 0) is 0 Å². The first-order chi connectivity index (χ1) is 9.99. The molecule has 2 rings (SSSR count). The topological polar surface area (TPSA) is 75.1 Å². The van der Waals surface area contributed by atoms with Crippen LogP contribution in [-0.4, -0.2) is 27.5 Å². The lowest BCUT2D eigenvalue weighted by atomic mass is 10.1. The van der Waals surface area contributed by atoms with E-state index in [1.165, 1.54) is 18.6 Å². The van der Waals surface area contributed by atoms with E-state index in [1.54, 1.807) is 12.1 Å². The minimum absolute atomic E-state index is 0.0412. The van der Waals surface area contributed by atoms with Crippen LogP contribution in [0.2, 0.25) is 15.1 Å². The van der Waals surface area contributed by atoms with Crippen LogP contribution in [0.25, 0.3) is 0 Å². The summed E-state index contributed by atoms with van der Waals surface area (Å²) in [6, 6.07) is 4.72. The van der Waals surface area contributed by atoms with E-state index in [9.17, 15) is 9.90 Å². The van der Waals surface area contributed by atoms with Gasteiger partial charge in [-0.25, -0.2) is 9.97 Å². The fourth-order valence-electron chi connectivity index (χ4n) is 1.63. The van der Waals surface area contributed by atoms with E-state index >= 15 is 0 Å². The standard InChI is InChI=1S/C13H10Cl3N3O2/c14-7-1-2-8(9(15)3-7)11(20)5-18-13(21)12-10(16)4-17-6-19-12/h1-4,6,11,20H,5H2,(H,18,21). The van der Waals surface area contributed by atoms with Gasteiger partial charge < -0.3 is 10.4 Å². The number of benzene rings is 1. The van der Waals surface area contributed by atoms with Crippen molar-refractivity contribution in [3.05, 3.63) is 57.0 Å². The molecule has 1 aromatic carbocycles. The van der Waals surface area contributed by atoms with Crippen molar-refractivity contribution in [1.29, 1.82) is 0 Å². The molecular weight excluding hydrogens is 337 g/mol. The molecule has 0 spiro atoms. The van der Waals surface area contributed by atoms with Gasteiger partial charge in [0.05, 0.1) is 11.1 Å². The van der Waals surface area contributed by atoms with Gasteiger partial charge in [-0.15, -0.1) is 0 Å². The van der Waals surface area contributed by atoms with Gasteiger partial charge in [-0.3, -0.25) is 4.79 Å². The van der Waals surface area contributed by atoms with Crippen molar-refractivity contribution in [2.24, 2.45) is 0 Å². The maximum absolute atomic E-state index is 11.9. The van der Waals surface area contributed by atoms with Crippen LogP contribution in [0.5, 0.6) is 0 Å². The molecule has 8 heteroatoms. The Kier molecular flexibility index (Phi) is 5.36. The number of nitrogens with zero attached hydrogens (tertiary/aromatic N) is 2. The predicted molar refractivity (Wildman–Crippen MR) is 80.8 cm³/mol. The van der Waals surface area contributed by atoms with Crippen molar-refractivity contribution in [2.45, 2.75) is 6.10 Å². The first-order valence-electron chi connectivity index (χ1n) is 5.85. The van der Waals surface area contributed by atoms with Crippen LogP contribution >= 0.6 is 34.8 Å². The van der Waals surface area contributed by atoms with Crippen molar-refractivity contribution in [1.82, 2.24) is 15.3 Å². The van der Waals surface area contributed by atoms with Gasteiger partial charge in [-0.05, 0) is 12.1 Å². The molecule has 110 valence electrons. The largest absolute Gasteiger partial charge is 0.387 e. The van der Waals surface area contributed by atoms with Gasteiger partial charge in [-0.2, -0.15) is 0 Å². The van der Waals surface area contributed by atoms with Crippen LogP contribution in [0.4, 0.5) is 0 Å². The smallest absolute Gasteiger partial charge is 0.271 e. The van der Waals surface area contributed by atoms with E-state index in [2.05, 4.69) is 15.3 Å². The molecule has 1 amide bonds. The van der Waals surface area contributed by atoms with Crippen molar-refractivity contribution in [3.63, 3.8) is 0 Å². The van der Waals surface area contributed by atoms with Gasteiger partial charge in [-0.1, -0.05) is 40.9 Å². The highest BCUT2D eigenvalue weighted by Gasteiger charge is 2.16. The molecular formula is C13H10Cl3N3O2. The lowest BCUT2D eigenvalue weighted by Gasteiger charge is -2.14. The number of aliphatic hydroxyl groups excluding tert-OH is 1. The van der Waals surface area contributed by atoms with Crippen LogP contribution < -0.4 is 5.32 Å². The van der Waals surface area contributed by atoms with E-state index in [4.69, 9.17) is 34.8 Å². The van der Waals surface area contributed by atoms with Gasteiger partial charge in [0.15, 0.2) is 0 Å². The zero-order valence-corrected chi connectivity index (χ0v) is 12.8. The van der Waals surface area contributed by atoms with Gasteiger partial charge in [0.1, 0.15) is 12.0 Å². The average molecular weight is 347 g/mol. The Balaban J connectivity index is 2.02. The molecule has 2 aromatic rings. The third-order valence-corrected chi connectivity index (χ3v) is 3.50. The van der Waals surface area contributed by atoms with Crippen molar-refractivity contribution in [2.75, 3.05) is 6.54 Å². The van der Waals surface area contributed by atoms with Crippen molar-refractivity contribution < 1.29 is 9.90 Å². The number of hydrogen-bond donors (Lipinski definition) is 2. The van der Waals surface area contributed by atoms with Crippen molar-refractivity contribution >= 4 is 40.7 Å². The fourth-order valence-corrected chi connectivity index (χ4v) is 2.36. The molecule has 0 aliphatic heterocycles. The van der Waals surface area contributed by atoms with E-state index < -0.39 is 12.0 Å². The number of aliphatic hydroxyl groups is 1. The minimum Gasteiger partial charge on any atom is -0.387 e. The molecule has 1 aromatic heterocycles. The lowest BCUT2D eigenvalue weighted by molar-refractivity contribution is 0.0911. The Morgan fingerprint density at radius 3 is 2.71 bits per heavy atom. The maximum atomic E-state index is 11.9. The molecule has 1 heterocycles. The molecule has 5 nitrogen and oxygen atoms in total. The zero-order valence-electron chi connectivity index (χ0n) is 10.6. The van der Waals surface area contributed by atoms with Crippen LogP contribution in [0.1, 0.15) is 22.2 Å². The van der Waals surface area contributed by atoms with Gasteiger partial charge >= 0.3 is 0 Å². The minimum atomic E-state index is -0.973. The second-order valence-corrected chi connectivity index (χ2v) is 5.36. The second-order valence-electron chi connectivity index (χ2n) is 4.11. The summed E-state index contributed by atoms with van der Waals surface area (Å²) >= 11 is 17.6. The molecule has 0 bridgehead atoms. The summed E-state index contributed by atoms with van der Waals surface area (Å²) in [5.74, 6) is -0.508. The summed E-state index contributed by atoms with van der Waals surface area (Å²) in [6.07, 6.45) is 1.56. The summed E-state index contributed by atoms with van der Waals surface area (Å²) in [4.78, 5) is 19.4. The van der Waals surface area contributed by atoms with Gasteiger partial charge in [0.25, 0.3) is 5.91 Å². The molecule has 1 unspecified atom stereocenters. The van der Waals surface area contributed by atoms with E-state index in [-0.39, 0.29) is 17.3 Å². The Labute approximate surface area is 135 Å². The molecule has 2 N–H and O–H groups in total. The number of rotatable bonds is 4. The first-order valence-corrected chi connectivity index (χ1v) is 6.99. The summed E-state index contributed by atoms with van der Waals surface area (Å²) in [5, 5.41) is 13.5. The van der Waals surface area contributed by atoms with Crippen LogP contribution in [0.3, 0.4) is 0 Å². The van der Waals surface area contributed by atoms with Crippen LogP contribution in [0, 0.1) is 0 Å². The Morgan fingerprint density at radius 2 is 2.05 bits per heavy atom. The molecule has 0 fully saturated rings. The highest BCUT2D eigenvalue weighted by molar-refractivity contribution is 6.35. The second kappa shape index (κ2) is 7.04. The lowest BCUT2D eigenvalue weighted by Crippen LogP contribution is -2.29. The third-order valence-electron chi connectivity index (χ3n) is 2.66. The summed E-state index contributed by atoms with van der Waals surface area (Å²) in [5.41, 5.74) is 0.510. The number of halogens is 3. The summed E-state index contributed by atoms with van der Waals surface area (Å²) < 4.78 is 0. The monoisotopic (exact) mass is 345 g/mol. The average Bonchev–Trinajstić information content (AvgIpc) is 2.45. The number of carbonyl (C=O) groups is 1. The van der Waals surface area contributed by atoms with Gasteiger partial charge in [0.2, 0.25) is 0 Å². The fraction of sp³-hybridized carbons (Fsp3) is 0.154. The SMILES string of the molecule is O=C(NCC(O)c1ccc(Cl)cc1Cl)c1ncncc1Cl. The van der Waals surface area contributed by atoms with E-state index in [0.29, 0.717) is 15.6 Å². The Hall–Kier alpha value is -1.40. The molecule has 0 radical (unpaired) electrons. The molecule has 0 aliphatic rings. The number of aromatic nitrogens is 2. The summed E-state index contributed by atoms with van der Waals surface area (Å²) in [6.45, 7) is -0.0412.